The molecule has 2 nitrogen and oxygen atoms in total. The summed E-state index contributed by atoms with van der Waals surface area (Å²) >= 11 is 0. The molecule has 3 aliphatic rings. The molecule has 1 fully saturated rings. The van der Waals surface area contributed by atoms with Gasteiger partial charge in [-0.1, -0.05) is 173 Å². The van der Waals surface area contributed by atoms with Crippen molar-refractivity contribution in [1.82, 2.24) is 9.97 Å². The lowest BCUT2D eigenvalue weighted by molar-refractivity contribution is 0.353. The van der Waals surface area contributed by atoms with E-state index in [0.717, 1.165) is 33.9 Å². The van der Waals surface area contributed by atoms with Crippen molar-refractivity contribution >= 4 is 0 Å². The molecule has 0 amide bonds. The highest BCUT2D eigenvalue weighted by molar-refractivity contribution is 5.91. The number of hydrogen-bond acceptors (Lipinski definition) is 2. The molecule has 11 rings (SSSR count). The third kappa shape index (κ3) is 5.46. The van der Waals surface area contributed by atoms with Crippen molar-refractivity contribution in [2.45, 2.75) is 56.8 Å². The molecule has 2 heteroatoms. The highest BCUT2D eigenvalue weighted by atomic mass is 14.9. The molecule has 57 heavy (non-hydrogen) atoms. The van der Waals surface area contributed by atoms with Gasteiger partial charge in [0, 0.05) is 27.5 Å². The molecule has 8 aromatic rings. The largest absolute Gasteiger partial charge is 0.228 e. The lowest BCUT2D eigenvalue weighted by atomic mass is 9.67. The minimum absolute atomic E-state index is 0.0172. The summed E-state index contributed by atoms with van der Waals surface area (Å²) in [6.07, 6.45) is 6.27. The molecule has 0 unspecified atom stereocenters. The molecule has 3 aliphatic carbocycles. The summed E-state index contributed by atoms with van der Waals surface area (Å²) in [7, 11) is 0. The van der Waals surface area contributed by atoms with E-state index in [4.69, 9.17) is 9.97 Å². The van der Waals surface area contributed by atoms with E-state index >= 15 is 0 Å². The van der Waals surface area contributed by atoms with Gasteiger partial charge in [0.1, 0.15) is 0 Å². The first-order valence-electron chi connectivity index (χ1n) is 20.6. The van der Waals surface area contributed by atoms with Crippen molar-refractivity contribution in [3.05, 3.63) is 192 Å². The van der Waals surface area contributed by atoms with Gasteiger partial charge in [0.15, 0.2) is 5.82 Å². The van der Waals surface area contributed by atoms with Crippen molar-refractivity contribution in [3.63, 3.8) is 0 Å². The van der Waals surface area contributed by atoms with Gasteiger partial charge >= 0.3 is 0 Å². The van der Waals surface area contributed by atoms with E-state index in [1.54, 1.807) is 5.56 Å². The van der Waals surface area contributed by atoms with E-state index < -0.39 is 0 Å². The van der Waals surface area contributed by atoms with Crippen LogP contribution in [0.3, 0.4) is 0 Å². The summed E-state index contributed by atoms with van der Waals surface area (Å²) < 4.78 is 0. The fourth-order valence-corrected chi connectivity index (χ4v) is 10.3. The maximum Gasteiger partial charge on any atom is 0.160 e. The Balaban J connectivity index is 1.00. The van der Waals surface area contributed by atoms with Crippen LogP contribution in [0.2, 0.25) is 0 Å². The highest BCUT2D eigenvalue weighted by Gasteiger charge is 2.46. The molecule has 7 aromatic carbocycles. The maximum atomic E-state index is 5.20. The third-order valence-corrected chi connectivity index (χ3v) is 13.3. The number of hydrogen-bond donors (Lipinski definition) is 0. The molecule has 0 radical (unpaired) electrons. The Hall–Kier alpha value is -6.38. The molecule has 0 saturated heterocycles. The van der Waals surface area contributed by atoms with Crippen LogP contribution >= 0.6 is 0 Å². The lowest BCUT2D eigenvalue weighted by Gasteiger charge is -2.36. The number of benzene rings is 7. The van der Waals surface area contributed by atoms with Crippen LogP contribution in [0, 0.1) is 0 Å². The van der Waals surface area contributed by atoms with Gasteiger partial charge in [0.2, 0.25) is 0 Å². The van der Waals surface area contributed by atoms with E-state index in [1.165, 1.54) is 93.3 Å². The molecule has 0 N–H and O–H groups in total. The van der Waals surface area contributed by atoms with Crippen molar-refractivity contribution in [2.75, 3.05) is 0 Å². The van der Waals surface area contributed by atoms with E-state index in [1.807, 2.05) is 6.07 Å². The Bertz CT molecular complexity index is 2830. The molecule has 0 aliphatic heterocycles. The minimum Gasteiger partial charge on any atom is -0.228 e. The first-order valence-corrected chi connectivity index (χ1v) is 20.6. The monoisotopic (exact) mass is 732 g/mol. The van der Waals surface area contributed by atoms with E-state index in [9.17, 15) is 0 Å². The average Bonchev–Trinajstić information content (AvgIpc) is 3.66. The first-order chi connectivity index (χ1) is 28.0. The van der Waals surface area contributed by atoms with Crippen molar-refractivity contribution in [2.24, 2.45) is 0 Å². The quantitative estimate of drug-likeness (QED) is 0.176. The fourth-order valence-electron chi connectivity index (χ4n) is 10.3. The van der Waals surface area contributed by atoms with Gasteiger partial charge in [-0.3, -0.25) is 0 Å². The predicted octanol–water partition coefficient (Wildman–Crippen LogP) is 14.3. The molecule has 1 aromatic heterocycles. The second-order valence-corrected chi connectivity index (χ2v) is 16.9. The molecule has 0 atom stereocenters. The zero-order chi connectivity index (χ0) is 38.1. The van der Waals surface area contributed by atoms with Gasteiger partial charge in [0.25, 0.3) is 0 Å². The molecular formula is C55H44N2. The zero-order valence-corrected chi connectivity index (χ0v) is 32.6. The first kappa shape index (κ1) is 33.9. The van der Waals surface area contributed by atoms with Crippen LogP contribution in [0.5, 0.6) is 0 Å². The topological polar surface area (TPSA) is 25.8 Å². The van der Waals surface area contributed by atoms with Crippen LogP contribution < -0.4 is 0 Å². The van der Waals surface area contributed by atoms with Crippen molar-refractivity contribution in [1.29, 1.82) is 0 Å². The number of nitrogens with zero attached hydrogens (tertiary/aromatic N) is 2. The summed E-state index contributed by atoms with van der Waals surface area (Å²) in [5.41, 5.74) is 21.6. The summed E-state index contributed by atoms with van der Waals surface area (Å²) in [5, 5.41) is 0. The number of rotatable bonds is 5. The Labute approximate surface area is 336 Å². The second-order valence-electron chi connectivity index (χ2n) is 16.9. The van der Waals surface area contributed by atoms with Crippen LogP contribution in [0.1, 0.15) is 68.2 Å². The Morgan fingerprint density at radius 2 is 0.877 bits per heavy atom. The normalized spacial score (nSPS) is 15.5. The van der Waals surface area contributed by atoms with Crippen LogP contribution in [0.15, 0.2) is 170 Å². The minimum atomic E-state index is -0.0172. The van der Waals surface area contributed by atoms with Gasteiger partial charge in [-0.15, -0.1) is 0 Å². The smallest absolute Gasteiger partial charge is 0.160 e. The van der Waals surface area contributed by atoms with Crippen LogP contribution in [-0.2, 0) is 10.8 Å². The van der Waals surface area contributed by atoms with Crippen LogP contribution in [0.25, 0.3) is 78.4 Å². The average molecular weight is 733 g/mol. The van der Waals surface area contributed by atoms with Gasteiger partial charge in [-0.05, 0) is 110 Å². The SMILES string of the molecule is CC1(C)c2ccccc2-c2cc3c(cc21)-c1ccc(-c2cccc(-c4cc(-c5ccc(-c6ccccc6)cc5)nc(-c5ccccc5)n4)c2)cc1C31CCCCC1. The molecule has 0 bridgehead atoms. The standard InChI is InChI=1S/C55H44N2/c1-54(2)47-22-11-10-21-43(47)45-34-50-46(33-48(45)54)44-28-27-41(32-49(44)55(50)29-12-5-13-30-55)40-19-14-20-42(31-40)52-35-51(56-53(57-52)39-17-8-4-9-18-39)38-25-23-37(24-26-38)36-15-6-3-7-16-36/h3-4,6-11,14-28,31-35H,5,12-13,29-30H2,1-2H3. The summed E-state index contributed by atoms with van der Waals surface area (Å²) in [6.45, 7) is 4.80. The van der Waals surface area contributed by atoms with Crippen LogP contribution in [-0.4, -0.2) is 9.97 Å². The van der Waals surface area contributed by atoms with Crippen molar-refractivity contribution in [3.8, 4) is 78.4 Å². The van der Waals surface area contributed by atoms with Crippen LogP contribution in [0.4, 0.5) is 0 Å². The Morgan fingerprint density at radius 1 is 0.351 bits per heavy atom. The number of fused-ring (bicyclic) bond motifs is 8. The molecule has 1 saturated carbocycles. The zero-order valence-electron chi connectivity index (χ0n) is 32.6. The summed E-state index contributed by atoms with van der Waals surface area (Å²) in [6, 6.07) is 62.3. The Kier molecular flexibility index (Phi) is 7.80. The molecule has 1 heterocycles. The van der Waals surface area contributed by atoms with Crippen molar-refractivity contribution < 1.29 is 0 Å². The van der Waals surface area contributed by atoms with Gasteiger partial charge in [0.05, 0.1) is 11.4 Å². The molecule has 274 valence electrons. The van der Waals surface area contributed by atoms with E-state index in [0.29, 0.717) is 0 Å². The molecule has 1 spiro atoms. The highest BCUT2D eigenvalue weighted by Crippen LogP contribution is 2.60. The maximum absolute atomic E-state index is 5.20. The van der Waals surface area contributed by atoms with Gasteiger partial charge in [-0.2, -0.15) is 0 Å². The fraction of sp³-hybridized carbons (Fsp3) is 0.164. The third-order valence-electron chi connectivity index (χ3n) is 13.3. The Morgan fingerprint density at radius 3 is 1.65 bits per heavy atom. The molecular weight excluding hydrogens is 689 g/mol. The lowest BCUT2D eigenvalue weighted by Crippen LogP contribution is -2.28. The summed E-state index contributed by atoms with van der Waals surface area (Å²) in [4.78, 5) is 10.3. The van der Waals surface area contributed by atoms with Gasteiger partial charge in [-0.25, -0.2) is 9.97 Å². The van der Waals surface area contributed by atoms with Gasteiger partial charge < -0.3 is 0 Å². The van der Waals surface area contributed by atoms with E-state index in [2.05, 4.69) is 178 Å². The second kappa shape index (κ2) is 13.1. The summed E-state index contributed by atoms with van der Waals surface area (Å²) in [5.74, 6) is 0.730. The predicted molar refractivity (Wildman–Crippen MR) is 236 cm³/mol. The number of aromatic nitrogens is 2. The van der Waals surface area contributed by atoms with E-state index in [-0.39, 0.29) is 10.8 Å².